The van der Waals surface area contributed by atoms with Gasteiger partial charge in [-0.25, -0.2) is 0 Å². The molecule has 2 fully saturated rings. The minimum absolute atomic E-state index is 0.516. The Hall–Kier alpha value is -1.54. The van der Waals surface area contributed by atoms with E-state index in [2.05, 4.69) is 110 Å². The predicted octanol–water partition coefficient (Wildman–Crippen LogP) is 10.5. The SMILES string of the molecule is CC(C)c1cccc(C(C)C)c1-c1cccc(-c2c(C(C)C)cccc2C(C)C)[c]1[Sn][CH]1CC2CCC1C2. The Morgan fingerprint density at radius 2 is 0.974 bits per heavy atom. The Kier molecular flexibility index (Phi) is 8.49. The number of hydrogen-bond acceptors (Lipinski definition) is 0. The van der Waals surface area contributed by atoms with Gasteiger partial charge in [0, 0.05) is 0 Å². The van der Waals surface area contributed by atoms with Gasteiger partial charge in [-0.1, -0.05) is 0 Å². The molecule has 2 saturated carbocycles. The van der Waals surface area contributed by atoms with Gasteiger partial charge in [0.25, 0.3) is 0 Å². The Morgan fingerprint density at radius 3 is 1.32 bits per heavy atom. The molecule has 5 rings (SSSR count). The third-order valence-electron chi connectivity index (χ3n) is 9.42. The first-order valence-corrected chi connectivity index (χ1v) is 18.4. The van der Waals surface area contributed by atoms with Crippen molar-refractivity contribution in [1.29, 1.82) is 0 Å². The van der Waals surface area contributed by atoms with Crippen LogP contribution in [0.5, 0.6) is 0 Å². The second kappa shape index (κ2) is 11.5. The van der Waals surface area contributed by atoms with E-state index < -0.39 is 21.1 Å². The van der Waals surface area contributed by atoms with Crippen LogP contribution in [0.3, 0.4) is 0 Å². The van der Waals surface area contributed by atoms with E-state index in [0.717, 1.165) is 15.8 Å². The van der Waals surface area contributed by atoms with E-state index in [4.69, 9.17) is 0 Å². The van der Waals surface area contributed by atoms with Crippen molar-refractivity contribution in [1.82, 2.24) is 0 Å². The van der Waals surface area contributed by atoms with Crippen LogP contribution in [0.2, 0.25) is 3.93 Å². The molecular weight excluding hydrogens is 563 g/mol. The van der Waals surface area contributed by atoms with Gasteiger partial charge in [-0.05, 0) is 0 Å². The molecule has 0 N–H and O–H groups in total. The molecule has 38 heavy (non-hydrogen) atoms. The molecule has 0 amide bonds. The summed E-state index contributed by atoms with van der Waals surface area (Å²) in [4.78, 5) is 0. The summed E-state index contributed by atoms with van der Waals surface area (Å²) >= 11 is -0.850. The fraction of sp³-hybridized carbons (Fsp3) is 0.514. The van der Waals surface area contributed by atoms with E-state index in [1.54, 1.807) is 25.8 Å². The van der Waals surface area contributed by atoms with Crippen LogP contribution in [0.4, 0.5) is 0 Å². The zero-order chi connectivity index (χ0) is 27.1. The number of hydrogen-bond donors (Lipinski definition) is 0. The van der Waals surface area contributed by atoms with E-state index in [1.807, 2.05) is 0 Å². The Morgan fingerprint density at radius 1 is 0.553 bits per heavy atom. The van der Waals surface area contributed by atoms with Gasteiger partial charge in [-0.15, -0.1) is 0 Å². The summed E-state index contributed by atoms with van der Waals surface area (Å²) in [7, 11) is 0. The molecule has 0 aliphatic heterocycles. The first kappa shape index (κ1) is 28.0. The van der Waals surface area contributed by atoms with Gasteiger partial charge >= 0.3 is 244 Å². The third kappa shape index (κ3) is 5.28. The molecule has 3 unspecified atom stereocenters. The van der Waals surface area contributed by atoms with Crippen LogP contribution in [-0.4, -0.2) is 21.1 Å². The molecule has 200 valence electrons. The normalized spacial score (nSPS) is 21.0. The standard InChI is InChI=1S/C30H37.C7H11.Sn/c1-19(2)25-14-10-15-26(20(3)4)29(25)23-12-9-13-24(18-23)30-27(21(5)6)16-11-17-28(30)22(7)8;1-2-7-4-3-6(1)5-7;/h9-17,19-22H,1-8H3;1,6-7H,2-5H2;. The van der Waals surface area contributed by atoms with Crippen LogP contribution >= 0.6 is 0 Å². The molecule has 0 heterocycles. The molecule has 0 saturated heterocycles. The first-order chi connectivity index (χ1) is 18.2. The Bertz CT molecular complexity index is 1140. The van der Waals surface area contributed by atoms with E-state index in [-0.39, 0.29) is 0 Å². The van der Waals surface area contributed by atoms with Crippen molar-refractivity contribution < 1.29 is 0 Å². The summed E-state index contributed by atoms with van der Waals surface area (Å²) in [6, 6.07) is 21.6. The van der Waals surface area contributed by atoms with Crippen molar-refractivity contribution in [2.75, 3.05) is 0 Å². The van der Waals surface area contributed by atoms with Gasteiger partial charge in [0.05, 0.1) is 0 Å². The van der Waals surface area contributed by atoms with Crippen molar-refractivity contribution in [3.63, 3.8) is 0 Å². The monoisotopic (exact) mass is 612 g/mol. The fourth-order valence-electron chi connectivity index (χ4n) is 7.46. The van der Waals surface area contributed by atoms with E-state index in [0.29, 0.717) is 23.7 Å². The number of rotatable bonds is 8. The van der Waals surface area contributed by atoms with Gasteiger partial charge in [-0.3, -0.25) is 0 Å². The molecule has 1 heteroatoms. The molecule has 3 aromatic rings. The van der Waals surface area contributed by atoms with Crippen LogP contribution in [0.15, 0.2) is 54.6 Å². The van der Waals surface area contributed by atoms with Crippen LogP contribution in [0, 0.1) is 11.8 Å². The Labute approximate surface area is 243 Å². The van der Waals surface area contributed by atoms with Crippen molar-refractivity contribution in [3.05, 3.63) is 76.9 Å². The van der Waals surface area contributed by atoms with Crippen molar-refractivity contribution in [2.45, 2.75) is 109 Å². The summed E-state index contributed by atoms with van der Waals surface area (Å²) in [6.45, 7) is 19.1. The van der Waals surface area contributed by atoms with Crippen LogP contribution in [0.1, 0.15) is 127 Å². The zero-order valence-electron chi connectivity index (χ0n) is 25.1. The fourth-order valence-corrected chi connectivity index (χ4v) is 13.4. The van der Waals surface area contributed by atoms with Gasteiger partial charge in [-0.2, -0.15) is 0 Å². The number of fused-ring (bicyclic) bond motifs is 2. The van der Waals surface area contributed by atoms with Crippen molar-refractivity contribution >= 4 is 24.7 Å². The topological polar surface area (TPSA) is 0 Å². The van der Waals surface area contributed by atoms with Crippen LogP contribution in [0.25, 0.3) is 22.3 Å². The third-order valence-corrected chi connectivity index (χ3v) is 14.9. The summed E-state index contributed by atoms with van der Waals surface area (Å²) in [5, 5.41) is 0. The van der Waals surface area contributed by atoms with Gasteiger partial charge < -0.3 is 0 Å². The predicted molar refractivity (Wildman–Crippen MR) is 168 cm³/mol. The molecule has 0 spiro atoms. The van der Waals surface area contributed by atoms with Gasteiger partial charge in [0.1, 0.15) is 0 Å². The average Bonchev–Trinajstić information content (AvgIpc) is 3.51. The molecule has 2 radical (unpaired) electrons. The quantitative estimate of drug-likeness (QED) is 0.223. The summed E-state index contributed by atoms with van der Waals surface area (Å²) in [6.07, 6.45) is 6.02. The first-order valence-electron chi connectivity index (χ1n) is 15.3. The van der Waals surface area contributed by atoms with Gasteiger partial charge in [0.2, 0.25) is 0 Å². The molecular formula is C37H48Sn. The molecule has 2 aliphatic rings. The molecule has 2 bridgehead atoms. The average molecular weight is 612 g/mol. The second-order valence-corrected chi connectivity index (χ2v) is 17.8. The second-order valence-electron chi connectivity index (χ2n) is 13.4. The molecule has 0 nitrogen and oxygen atoms in total. The Balaban J connectivity index is 1.81. The summed E-state index contributed by atoms with van der Waals surface area (Å²) in [5.41, 5.74) is 12.4. The zero-order valence-corrected chi connectivity index (χ0v) is 27.9. The summed E-state index contributed by atoms with van der Waals surface area (Å²) < 4.78 is 2.79. The van der Waals surface area contributed by atoms with Gasteiger partial charge in [0.15, 0.2) is 0 Å². The van der Waals surface area contributed by atoms with Crippen molar-refractivity contribution in [2.24, 2.45) is 11.8 Å². The van der Waals surface area contributed by atoms with E-state index in [1.165, 1.54) is 47.9 Å². The minimum atomic E-state index is -0.850. The number of benzene rings is 3. The maximum atomic E-state index is 2.51. The van der Waals surface area contributed by atoms with Crippen LogP contribution in [-0.2, 0) is 0 Å². The maximum absolute atomic E-state index is 2.51. The van der Waals surface area contributed by atoms with Crippen molar-refractivity contribution in [3.8, 4) is 22.3 Å². The van der Waals surface area contributed by atoms with E-state index in [9.17, 15) is 0 Å². The molecule has 0 aromatic heterocycles. The molecule has 2 aliphatic carbocycles. The van der Waals surface area contributed by atoms with Crippen LogP contribution < -0.4 is 3.58 Å². The molecule has 3 aromatic carbocycles. The van der Waals surface area contributed by atoms with E-state index >= 15 is 0 Å². The summed E-state index contributed by atoms with van der Waals surface area (Å²) in [5.74, 6) is 4.08. The molecule has 3 atom stereocenters.